The van der Waals surface area contributed by atoms with Crippen LogP contribution in [0, 0.1) is 5.92 Å². The van der Waals surface area contributed by atoms with Crippen molar-refractivity contribution in [3.63, 3.8) is 0 Å². The molecule has 0 aliphatic carbocycles. The fourth-order valence-corrected chi connectivity index (χ4v) is 3.14. The Bertz CT molecular complexity index is 731. The first-order valence-corrected chi connectivity index (χ1v) is 9.15. The fraction of sp³-hybridized carbons (Fsp3) is 0.550. The highest BCUT2D eigenvalue weighted by atomic mass is 16.5. The van der Waals surface area contributed by atoms with E-state index in [0.29, 0.717) is 43.0 Å². The van der Waals surface area contributed by atoms with Crippen LogP contribution in [-0.2, 0) is 9.59 Å². The Hall–Kier alpha value is -2.77. The molecule has 0 radical (unpaired) electrons. The van der Waals surface area contributed by atoms with Crippen molar-refractivity contribution in [2.75, 3.05) is 34.4 Å². The van der Waals surface area contributed by atoms with E-state index in [9.17, 15) is 19.5 Å². The smallest absolute Gasteiger partial charge is 0.329 e. The van der Waals surface area contributed by atoms with Gasteiger partial charge in [-0.2, -0.15) is 0 Å². The molecule has 2 rings (SSSR count). The number of likely N-dealkylation sites (N-methyl/N-ethyl adjacent to an activating group) is 1. The van der Waals surface area contributed by atoms with Gasteiger partial charge in [0, 0.05) is 37.7 Å². The Kier molecular flexibility index (Phi) is 6.53. The predicted octanol–water partition coefficient (Wildman–Crippen LogP) is 1.88. The Labute approximate surface area is 165 Å². The maximum Gasteiger partial charge on any atom is 0.329 e. The molecule has 8 nitrogen and oxygen atoms in total. The quantitative estimate of drug-likeness (QED) is 0.794. The number of benzene rings is 1. The molecule has 1 aliphatic rings. The van der Waals surface area contributed by atoms with Crippen LogP contribution in [0.25, 0.3) is 0 Å². The molecule has 0 spiro atoms. The molecule has 1 aliphatic heterocycles. The second kappa shape index (κ2) is 8.50. The van der Waals surface area contributed by atoms with Gasteiger partial charge < -0.3 is 24.4 Å². The Balaban J connectivity index is 2.05. The van der Waals surface area contributed by atoms with Gasteiger partial charge in [0.05, 0.1) is 14.2 Å². The number of rotatable bonds is 6. The summed E-state index contributed by atoms with van der Waals surface area (Å²) in [6, 6.07) is 5.01. The third-order valence-corrected chi connectivity index (χ3v) is 5.42. The number of hydrogen-bond donors (Lipinski definition) is 1. The molecule has 2 amide bonds. The van der Waals surface area contributed by atoms with Crippen molar-refractivity contribution in [1.29, 1.82) is 0 Å². The molecule has 0 unspecified atom stereocenters. The number of aliphatic carboxylic acids is 1. The largest absolute Gasteiger partial charge is 0.497 e. The van der Waals surface area contributed by atoms with Crippen LogP contribution in [0.4, 0.5) is 0 Å². The molecule has 1 N–H and O–H groups in total. The Morgan fingerprint density at radius 1 is 1.07 bits per heavy atom. The highest BCUT2D eigenvalue weighted by Crippen LogP contribution is 2.27. The van der Waals surface area contributed by atoms with Crippen LogP contribution < -0.4 is 9.47 Å². The number of piperidine rings is 1. The summed E-state index contributed by atoms with van der Waals surface area (Å²) >= 11 is 0. The van der Waals surface area contributed by atoms with Crippen LogP contribution in [0.3, 0.4) is 0 Å². The maximum atomic E-state index is 12.8. The van der Waals surface area contributed by atoms with E-state index in [1.165, 1.54) is 40.0 Å². The number of methoxy groups -OCH3 is 2. The van der Waals surface area contributed by atoms with Crippen molar-refractivity contribution in [3.05, 3.63) is 23.8 Å². The molecule has 0 aromatic heterocycles. The number of carbonyl (C=O) groups excluding carboxylic acids is 2. The summed E-state index contributed by atoms with van der Waals surface area (Å²) in [5.74, 6) is -0.643. The van der Waals surface area contributed by atoms with E-state index in [2.05, 4.69) is 0 Å². The first-order valence-electron chi connectivity index (χ1n) is 9.15. The van der Waals surface area contributed by atoms with Crippen molar-refractivity contribution in [2.45, 2.75) is 32.2 Å². The zero-order valence-electron chi connectivity index (χ0n) is 17.0. The van der Waals surface area contributed by atoms with Gasteiger partial charge in [-0.05, 0) is 38.8 Å². The van der Waals surface area contributed by atoms with Gasteiger partial charge in [0.2, 0.25) is 5.91 Å². The number of carboxylic acid groups (broad SMARTS) is 1. The highest BCUT2D eigenvalue weighted by Gasteiger charge is 2.39. The molecule has 8 heteroatoms. The van der Waals surface area contributed by atoms with Gasteiger partial charge in [0.25, 0.3) is 5.91 Å². The molecule has 1 aromatic rings. The summed E-state index contributed by atoms with van der Waals surface area (Å²) in [4.78, 5) is 39.9. The van der Waals surface area contributed by atoms with Gasteiger partial charge in [-0.25, -0.2) is 4.79 Å². The molecule has 28 heavy (non-hydrogen) atoms. The average Bonchev–Trinajstić information content (AvgIpc) is 2.71. The predicted molar refractivity (Wildman–Crippen MR) is 103 cm³/mol. The van der Waals surface area contributed by atoms with Crippen molar-refractivity contribution < 1.29 is 29.0 Å². The van der Waals surface area contributed by atoms with Gasteiger partial charge in [-0.3, -0.25) is 9.59 Å². The summed E-state index contributed by atoms with van der Waals surface area (Å²) < 4.78 is 10.4. The van der Waals surface area contributed by atoms with Crippen LogP contribution >= 0.6 is 0 Å². The summed E-state index contributed by atoms with van der Waals surface area (Å²) in [5.41, 5.74) is -0.814. The highest BCUT2D eigenvalue weighted by molar-refractivity contribution is 5.95. The van der Waals surface area contributed by atoms with Crippen LogP contribution in [-0.4, -0.2) is 72.6 Å². The fourth-order valence-electron chi connectivity index (χ4n) is 3.14. The SMILES string of the molecule is COc1cc(OC)cc(C(=O)N2CCC(C(=O)N(C)C(C)(C)C(=O)O)CC2)c1. The van der Waals surface area contributed by atoms with Crippen molar-refractivity contribution in [2.24, 2.45) is 5.92 Å². The first-order chi connectivity index (χ1) is 13.1. The van der Waals surface area contributed by atoms with Crippen molar-refractivity contribution in [1.82, 2.24) is 9.80 Å². The topological polar surface area (TPSA) is 96.4 Å². The first kappa shape index (κ1) is 21.5. The zero-order valence-corrected chi connectivity index (χ0v) is 17.0. The van der Waals surface area contributed by atoms with Gasteiger partial charge in [0.1, 0.15) is 17.0 Å². The minimum Gasteiger partial charge on any atom is -0.497 e. The van der Waals surface area contributed by atoms with Gasteiger partial charge in [-0.15, -0.1) is 0 Å². The normalized spacial score (nSPS) is 15.1. The van der Waals surface area contributed by atoms with Crippen LogP contribution in [0.1, 0.15) is 37.0 Å². The second-order valence-corrected chi connectivity index (χ2v) is 7.43. The van der Waals surface area contributed by atoms with Crippen molar-refractivity contribution in [3.8, 4) is 11.5 Å². The summed E-state index contributed by atoms with van der Waals surface area (Å²) in [7, 11) is 4.56. The molecule has 0 atom stereocenters. The molecule has 1 saturated heterocycles. The maximum absolute atomic E-state index is 12.8. The monoisotopic (exact) mass is 392 g/mol. The van der Waals surface area contributed by atoms with Gasteiger partial charge >= 0.3 is 5.97 Å². The lowest BCUT2D eigenvalue weighted by atomic mass is 9.92. The molecule has 0 bridgehead atoms. The van der Waals surface area contributed by atoms with Crippen LogP contribution in [0.5, 0.6) is 11.5 Å². The van der Waals surface area contributed by atoms with E-state index < -0.39 is 11.5 Å². The lowest BCUT2D eigenvalue weighted by molar-refractivity contribution is -0.157. The van der Waals surface area contributed by atoms with E-state index in [-0.39, 0.29) is 17.7 Å². The summed E-state index contributed by atoms with van der Waals surface area (Å²) in [6.07, 6.45) is 0.984. The lowest BCUT2D eigenvalue weighted by Gasteiger charge is -2.37. The molecule has 1 aromatic carbocycles. The average molecular weight is 392 g/mol. The number of likely N-dealkylation sites (tertiary alicyclic amines) is 1. The number of carbonyl (C=O) groups is 3. The van der Waals surface area contributed by atoms with E-state index in [1.807, 2.05) is 0 Å². The third kappa shape index (κ3) is 4.37. The number of carboxylic acids is 1. The van der Waals surface area contributed by atoms with E-state index in [1.54, 1.807) is 23.1 Å². The standard InChI is InChI=1S/C20H28N2O6/c1-20(2,19(25)26)21(3)17(23)13-6-8-22(9-7-13)18(24)14-10-15(27-4)12-16(11-14)28-5/h10-13H,6-9H2,1-5H3,(H,25,26). The molecular weight excluding hydrogens is 364 g/mol. The molecule has 154 valence electrons. The van der Waals surface area contributed by atoms with Crippen LogP contribution in [0.15, 0.2) is 18.2 Å². The minimum absolute atomic E-state index is 0.151. The number of hydrogen-bond acceptors (Lipinski definition) is 5. The summed E-state index contributed by atoms with van der Waals surface area (Å²) in [6.45, 7) is 3.86. The van der Waals surface area contributed by atoms with Gasteiger partial charge in [-0.1, -0.05) is 0 Å². The lowest BCUT2D eigenvalue weighted by Crippen LogP contribution is -2.54. The number of nitrogens with zero attached hydrogens (tertiary/aromatic N) is 2. The molecule has 0 saturated carbocycles. The molecule has 1 heterocycles. The molecule has 1 fully saturated rings. The van der Waals surface area contributed by atoms with E-state index in [4.69, 9.17) is 9.47 Å². The third-order valence-electron chi connectivity index (χ3n) is 5.42. The minimum atomic E-state index is -1.28. The van der Waals surface area contributed by atoms with E-state index in [0.717, 1.165) is 0 Å². The number of ether oxygens (including phenoxy) is 2. The van der Waals surface area contributed by atoms with Crippen molar-refractivity contribution >= 4 is 17.8 Å². The zero-order chi connectivity index (χ0) is 21.1. The van der Waals surface area contributed by atoms with E-state index >= 15 is 0 Å². The molecular formula is C20H28N2O6. The second-order valence-electron chi connectivity index (χ2n) is 7.43. The summed E-state index contributed by atoms with van der Waals surface area (Å²) in [5, 5.41) is 9.32. The number of amides is 2. The Morgan fingerprint density at radius 3 is 2.00 bits per heavy atom. The van der Waals surface area contributed by atoms with Gasteiger partial charge in [0.15, 0.2) is 0 Å². The van der Waals surface area contributed by atoms with Crippen LogP contribution in [0.2, 0.25) is 0 Å². The Morgan fingerprint density at radius 2 is 1.57 bits per heavy atom.